The van der Waals surface area contributed by atoms with E-state index in [4.69, 9.17) is 11.6 Å². The first-order chi connectivity index (χ1) is 10.1. The molecule has 1 aromatic carbocycles. The molecule has 0 aliphatic carbocycles. The lowest BCUT2D eigenvalue weighted by molar-refractivity contribution is 0.185. The molecule has 1 aromatic heterocycles. The summed E-state index contributed by atoms with van der Waals surface area (Å²) in [5.41, 5.74) is 3.21. The molecule has 4 heteroatoms. The molecule has 0 amide bonds. The lowest BCUT2D eigenvalue weighted by atomic mass is 9.99. The van der Waals surface area contributed by atoms with Crippen LogP contribution in [0.25, 0.3) is 5.69 Å². The normalized spacial score (nSPS) is 17.3. The van der Waals surface area contributed by atoms with Crippen molar-refractivity contribution in [1.82, 2.24) is 14.7 Å². The fourth-order valence-corrected chi connectivity index (χ4v) is 3.23. The zero-order chi connectivity index (χ0) is 14.8. The van der Waals surface area contributed by atoms with E-state index in [2.05, 4.69) is 16.9 Å². The standard InChI is InChI=1S/C17H22ClN3/c1-13-8-10-20(11-9-13)12-16-14(2)19-21(17(16)18)15-6-4-3-5-7-15/h3-7,13H,8-12H2,1-2H3. The molecule has 1 saturated heterocycles. The molecule has 3 rings (SSSR count). The van der Waals surface area contributed by atoms with Gasteiger partial charge in [0.25, 0.3) is 0 Å². The molecule has 2 aromatic rings. The average molecular weight is 304 g/mol. The number of piperidine rings is 1. The van der Waals surface area contributed by atoms with E-state index in [-0.39, 0.29) is 0 Å². The smallest absolute Gasteiger partial charge is 0.137 e. The monoisotopic (exact) mass is 303 g/mol. The summed E-state index contributed by atoms with van der Waals surface area (Å²) in [6.45, 7) is 7.61. The van der Waals surface area contributed by atoms with Gasteiger partial charge in [-0.3, -0.25) is 4.90 Å². The molecule has 0 unspecified atom stereocenters. The number of aryl methyl sites for hydroxylation is 1. The van der Waals surface area contributed by atoms with Crippen molar-refractivity contribution in [3.05, 3.63) is 46.7 Å². The van der Waals surface area contributed by atoms with Gasteiger partial charge in [0.1, 0.15) is 5.15 Å². The molecule has 21 heavy (non-hydrogen) atoms. The SMILES string of the molecule is Cc1nn(-c2ccccc2)c(Cl)c1CN1CCC(C)CC1. The number of halogens is 1. The third-order valence-corrected chi connectivity index (χ3v) is 4.77. The van der Waals surface area contributed by atoms with Crippen molar-refractivity contribution in [1.29, 1.82) is 0 Å². The van der Waals surface area contributed by atoms with Gasteiger partial charge in [-0.05, 0) is 50.9 Å². The molecule has 0 N–H and O–H groups in total. The van der Waals surface area contributed by atoms with Gasteiger partial charge in [0.2, 0.25) is 0 Å². The van der Waals surface area contributed by atoms with Gasteiger partial charge in [-0.15, -0.1) is 0 Å². The minimum Gasteiger partial charge on any atom is -0.299 e. The highest BCUT2D eigenvalue weighted by Gasteiger charge is 2.20. The predicted molar refractivity (Wildman–Crippen MR) is 87.0 cm³/mol. The van der Waals surface area contributed by atoms with E-state index < -0.39 is 0 Å². The number of likely N-dealkylation sites (tertiary alicyclic amines) is 1. The summed E-state index contributed by atoms with van der Waals surface area (Å²) >= 11 is 6.59. The Balaban J connectivity index is 1.82. The first-order valence-electron chi connectivity index (χ1n) is 7.67. The zero-order valence-electron chi connectivity index (χ0n) is 12.7. The van der Waals surface area contributed by atoms with Crippen LogP contribution in [-0.2, 0) is 6.54 Å². The number of hydrogen-bond acceptors (Lipinski definition) is 2. The van der Waals surface area contributed by atoms with Gasteiger partial charge in [-0.2, -0.15) is 5.10 Å². The maximum atomic E-state index is 6.59. The summed E-state index contributed by atoms with van der Waals surface area (Å²) in [6.07, 6.45) is 2.56. The highest BCUT2D eigenvalue weighted by Crippen LogP contribution is 2.26. The molecule has 1 aliphatic heterocycles. The maximum Gasteiger partial charge on any atom is 0.137 e. The van der Waals surface area contributed by atoms with Crippen LogP contribution >= 0.6 is 11.6 Å². The van der Waals surface area contributed by atoms with Crippen LogP contribution in [0.4, 0.5) is 0 Å². The predicted octanol–water partition coefficient (Wildman–Crippen LogP) is 4.07. The fourth-order valence-electron chi connectivity index (χ4n) is 2.90. The highest BCUT2D eigenvalue weighted by atomic mass is 35.5. The number of hydrogen-bond donors (Lipinski definition) is 0. The Bertz CT molecular complexity index is 598. The lowest BCUT2D eigenvalue weighted by Gasteiger charge is -2.30. The highest BCUT2D eigenvalue weighted by molar-refractivity contribution is 6.30. The van der Waals surface area contributed by atoms with Crippen molar-refractivity contribution in [2.24, 2.45) is 5.92 Å². The van der Waals surface area contributed by atoms with E-state index in [0.29, 0.717) is 0 Å². The second-order valence-electron chi connectivity index (χ2n) is 6.06. The van der Waals surface area contributed by atoms with Crippen molar-refractivity contribution < 1.29 is 0 Å². The van der Waals surface area contributed by atoms with Crippen LogP contribution in [-0.4, -0.2) is 27.8 Å². The molecule has 0 atom stereocenters. The van der Waals surface area contributed by atoms with Gasteiger partial charge in [0.05, 0.1) is 11.4 Å². The third kappa shape index (κ3) is 3.14. The zero-order valence-corrected chi connectivity index (χ0v) is 13.5. The summed E-state index contributed by atoms with van der Waals surface area (Å²) in [4.78, 5) is 2.49. The van der Waals surface area contributed by atoms with E-state index in [1.165, 1.54) is 12.8 Å². The summed E-state index contributed by atoms with van der Waals surface area (Å²) in [5.74, 6) is 0.852. The molecule has 1 aliphatic rings. The Labute approximate surface area is 131 Å². The Morgan fingerprint density at radius 3 is 2.52 bits per heavy atom. The van der Waals surface area contributed by atoms with E-state index in [1.54, 1.807) is 0 Å². The Hall–Kier alpha value is -1.32. The molecular weight excluding hydrogens is 282 g/mol. The van der Waals surface area contributed by atoms with Crippen molar-refractivity contribution >= 4 is 11.6 Å². The quantitative estimate of drug-likeness (QED) is 0.852. The van der Waals surface area contributed by atoms with Gasteiger partial charge in [0, 0.05) is 12.1 Å². The molecule has 0 spiro atoms. The van der Waals surface area contributed by atoms with Crippen LogP contribution in [0.3, 0.4) is 0 Å². The van der Waals surface area contributed by atoms with E-state index in [9.17, 15) is 0 Å². The largest absolute Gasteiger partial charge is 0.299 e. The van der Waals surface area contributed by atoms with Crippen molar-refractivity contribution in [3.8, 4) is 5.69 Å². The van der Waals surface area contributed by atoms with Gasteiger partial charge < -0.3 is 0 Å². The molecule has 0 bridgehead atoms. The second kappa shape index (κ2) is 6.20. The second-order valence-corrected chi connectivity index (χ2v) is 6.42. The van der Waals surface area contributed by atoms with E-state index >= 15 is 0 Å². The van der Waals surface area contributed by atoms with Crippen LogP contribution in [0.5, 0.6) is 0 Å². The number of para-hydroxylation sites is 1. The number of nitrogens with zero attached hydrogens (tertiary/aromatic N) is 3. The van der Waals surface area contributed by atoms with Gasteiger partial charge in [-0.1, -0.05) is 36.7 Å². The van der Waals surface area contributed by atoms with Gasteiger partial charge in [0.15, 0.2) is 0 Å². The molecule has 0 saturated carbocycles. The minimum atomic E-state index is 0.748. The Kier molecular flexibility index (Phi) is 4.32. The van der Waals surface area contributed by atoms with Crippen LogP contribution in [0.15, 0.2) is 30.3 Å². The molecule has 3 nitrogen and oxygen atoms in total. The van der Waals surface area contributed by atoms with Gasteiger partial charge >= 0.3 is 0 Å². The van der Waals surface area contributed by atoms with Crippen molar-refractivity contribution in [2.75, 3.05) is 13.1 Å². The van der Waals surface area contributed by atoms with Crippen LogP contribution in [0, 0.1) is 12.8 Å². The third-order valence-electron chi connectivity index (χ3n) is 4.38. The number of benzene rings is 1. The van der Waals surface area contributed by atoms with Crippen LogP contribution < -0.4 is 0 Å². The molecule has 1 fully saturated rings. The first-order valence-corrected chi connectivity index (χ1v) is 8.04. The molecule has 2 heterocycles. The summed E-state index contributed by atoms with van der Waals surface area (Å²) in [5, 5.41) is 5.37. The molecular formula is C17H22ClN3. The Morgan fingerprint density at radius 1 is 1.19 bits per heavy atom. The van der Waals surface area contributed by atoms with Crippen molar-refractivity contribution in [2.45, 2.75) is 33.2 Å². The number of aromatic nitrogens is 2. The molecule has 112 valence electrons. The van der Waals surface area contributed by atoms with Crippen molar-refractivity contribution in [3.63, 3.8) is 0 Å². The first kappa shape index (κ1) is 14.6. The molecule has 0 radical (unpaired) electrons. The number of rotatable bonds is 3. The fraction of sp³-hybridized carbons (Fsp3) is 0.471. The summed E-state index contributed by atoms with van der Waals surface area (Å²) in [6, 6.07) is 10.1. The summed E-state index contributed by atoms with van der Waals surface area (Å²) in [7, 11) is 0. The minimum absolute atomic E-state index is 0.748. The topological polar surface area (TPSA) is 21.1 Å². The van der Waals surface area contributed by atoms with Gasteiger partial charge in [-0.25, -0.2) is 4.68 Å². The van der Waals surface area contributed by atoms with Crippen LogP contribution in [0.1, 0.15) is 31.0 Å². The average Bonchev–Trinajstić information content (AvgIpc) is 2.78. The Morgan fingerprint density at radius 2 is 1.86 bits per heavy atom. The summed E-state index contributed by atoms with van der Waals surface area (Å²) < 4.78 is 1.85. The maximum absolute atomic E-state index is 6.59. The van der Waals surface area contributed by atoms with E-state index in [0.717, 1.165) is 47.7 Å². The van der Waals surface area contributed by atoms with E-state index in [1.807, 2.05) is 41.9 Å². The van der Waals surface area contributed by atoms with Crippen LogP contribution in [0.2, 0.25) is 5.15 Å². The lowest BCUT2D eigenvalue weighted by Crippen LogP contribution is -2.32.